The number of aliphatic carboxylic acids is 1. The van der Waals surface area contributed by atoms with Crippen LogP contribution in [0.2, 0.25) is 0 Å². The highest BCUT2D eigenvalue weighted by Crippen LogP contribution is 2.45. The summed E-state index contributed by atoms with van der Waals surface area (Å²) in [6, 6.07) is 0. The minimum absolute atomic E-state index is 0.120. The molecule has 4 atom stereocenters. The van der Waals surface area contributed by atoms with Gasteiger partial charge in [-0.3, -0.25) is 4.79 Å². The first-order chi connectivity index (χ1) is 9.22. The van der Waals surface area contributed by atoms with Gasteiger partial charge in [0.25, 0.3) is 0 Å². The smallest absolute Gasteiger partial charge is 0.306 e. The van der Waals surface area contributed by atoms with Crippen molar-refractivity contribution >= 4 is 5.97 Å². The van der Waals surface area contributed by atoms with E-state index in [0.29, 0.717) is 11.8 Å². The van der Waals surface area contributed by atoms with Gasteiger partial charge in [0.2, 0.25) is 0 Å². The third kappa shape index (κ3) is 2.77. The first-order valence-corrected chi connectivity index (χ1v) is 7.17. The van der Waals surface area contributed by atoms with Gasteiger partial charge < -0.3 is 5.11 Å². The van der Waals surface area contributed by atoms with Gasteiger partial charge in [0.1, 0.15) is 0 Å². The van der Waals surface area contributed by atoms with Crippen molar-refractivity contribution in [3.05, 3.63) is 5.82 Å². The molecule has 0 amide bonds. The van der Waals surface area contributed by atoms with Crippen LogP contribution >= 0.6 is 0 Å². The van der Waals surface area contributed by atoms with E-state index in [9.17, 15) is 4.79 Å². The molecule has 2 N–H and O–H groups in total. The van der Waals surface area contributed by atoms with E-state index in [2.05, 4.69) is 20.6 Å². The summed E-state index contributed by atoms with van der Waals surface area (Å²) in [5.74, 6) is 1.97. The molecule has 1 aromatic heterocycles. The van der Waals surface area contributed by atoms with Gasteiger partial charge in [-0.15, -0.1) is 10.2 Å². The van der Waals surface area contributed by atoms with Crippen LogP contribution in [0.15, 0.2) is 0 Å². The molecule has 6 nitrogen and oxygen atoms in total. The molecule has 0 spiro atoms. The maximum Gasteiger partial charge on any atom is 0.306 e. The molecule has 2 aliphatic rings. The highest BCUT2D eigenvalue weighted by molar-refractivity contribution is 5.70. The number of aromatic nitrogens is 4. The molecule has 2 aliphatic carbocycles. The third-order valence-corrected chi connectivity index (χ3v) is 4.93. The predicted molar refractivity (Wildman–Crippen MR) is 67.2 cm³/mol. The van der Waals surface area contributed by atoms with Crippen molar-refractivity contribution in [3.63, 3.8) is 0 Å². The lowest BCUT2D eigenvalue weighted by Crippen LogP contribution is -2.34. The average molecular weight is 263 g/mol. The summed E-state index contributed by atoms with van der Waals surface area (Å²) >= 11 is 0. The zero-order valence-corrected chi connectivity index (χ0v) is 11.0. The number of fused-ring (bicyclic) bond motifs is 1. The molecule has 0 bridgehead atoms. The minimum Gasteiger partial charge on any atom is -0.481 e. The maximum atomic E-state index is 11.1. The number of carboxylic acids is 1. The quantitative estimate of drug-likeness (QED) is 0.865. The lowest BCUT2D eigenvalue weighted by Gasteiger charge is -2.41. The Morgan fingerprint density at radius 2 is 2.05 bits per heavy atom. The van der Waals surface area contributed by atoms with Crippen molar-refractivity contribution in [2.45, 2.75) is 44.9 Å². The summed E-state index contributed by atoms with van der Waals surface area (Å²) in [6.45, 7) is 0. The first-order valence-electron chi connectivity index (χ1n) is 7.17. The second kappa shape index (κ2) is 5.27. The molecule has 0 aromatic carbocycles. The van der Waals surface area contributed by atoms with Gasteiger partial charge in [-0.05, 0) is 56.3 Å². The van der Waals surface area contributed by atoms with E-state index in [-0.39, 0.29) is 5.92 Å². The maximum absolute atomic E-state index is 11.1. The van der Waals surface area contributed by atoms with Crippen molar-refractivity contribution in [3.8, 4) is 0 Å². The Morgan fingerprint density at radius 3 is 2.79 bits per heavy atom. The van der Waals surface area contributed by atoms with Crippen LogP contribution in [0.25, 0.3) is 0 Å². The summed E-state index contributed by atoms with van der Waals surface area (Å²) in [5, 5.41) is 23.3. The second-order valence-electron chi connectivity index (χ2n) is 6.08. The van der Waals surface area contributed by atoms with E-state index in [0.717, 1.165) is 43.8 Å². The second-order valence-corrected chi connectivity index (χ2v) is 6.08. The Balaban J connectivity index is 1.59. The van der Waals surface area contributed by atoms with Crippen LogP contribution < -0.4 is 0 Å². The molecule has 0 unspecified atom stereocenters. The van der Waals surface area contributed by atoms with E-state index in [1.807, 2.05) is 0 Å². The highest BCUT2D eigenvalue weighted by atomic mass is 16.4. The molecule has 6 heteroatoms. The fourth-order valence-corrected chi connectivity index (χ4v) is 3.93. The number of carbonyl (C=O) groups is 1. The van der Waals surface area contributed by atoms with Crippen molar-refractivity contribution < 1.29 is 9.90 Å². The van der Waals surface area contributed by atoms with Crippen LogP contribution in [0.1, 0.15) is 44.3 Å². The average Bonchev–Trinajstić information content (AvgIpc) is 2.90. The molecule has 2 saturated carbocycles. The molecule has 2 fully saturated rings. The predicted octanol–water partition coefficient (Wildman–Crippen LogP) is 1.66. The molecule has 3 rings (SSSR count). The lowest BCUT2D eigenvalue weighted by molar-refractivity contribution is -0.144. The Bertz CT molecular complexity index is 434. The van der Waals surface area contributed by atoms with E-state index < -0.39 is 5.97 Å². The summed E-state index contributed by atoms with van der Waals surface area (Å²) in [6.07, 6.45) is 7.28. The third-order valence-electron chi connectivity index (χ3n) is 4.93. The van der Waals surface area contributed by atoms with Crippen molar-refractivity contribution in [2.24, 2.45) is 23.7 Å². The highest BCUT2D eigenvalue weighted by Gasteiger charge is 2.37. The molecule has 104 valence electrons. The van der Waals surface area contributed by atoms with Crippen LogP contribution in [0.3, 0.4) is 0 Å². The molecule has 19 heavy (non-hydrogen) atoms. The minimum atomic E-state index is -0.612. The van der Waals surface area contributed by atoms with Gasteiger partial charge in [0, 0.05) is 6.42 Å². The standard InChI is InChI=1S/C13H20N4O2/c18-13(19)10-4-3-9-2-1-8(5-11(9)7-10)6-12-14-16-17-15-12/h8-11H,1-7H2,(H,18,19)(H,14,15,16,17)/t8-,9-,10-,11+/m0/s1/i12-1. The SMILES string of the molecule is O=C(O)[C@H]1CC[C@@H]2CC[C@H](C[11c]3nn[nH]n3)C[C@@H]2C1. The normalized spacial score (nSPS) is 34.7. The van der Waals surface area contributed by atoms with Crippen molar-refractivity contribution in [1.29, 1.82) is 0 Å². The first kappa shape index (κ1) is 12.6. The number of aromatic amines is 1. The summed E-state index contributed by atoms with van der Waals surface area (Å²) in [5.41, 5.74) is 0. The van der Waals surface area contributed by atoms with Gasteiger partial charge in [0.05, 0.1) is 5.92 Å². The van der Waals surface area contributed by atoms with E-state index >= 15 is 0 Å². The number of rotatable bonds is 3. The fourth-order valence-electron chi connectivity index (χ4n) is 3.93. The van der Waals surface area contributed by atoms with E-state index in [1.165, 1.54) is 12.8 Å². The van der Waals surface area contributed by atoms with Gasteiger partial charge in [0.15, 0.2) is 5.82 Å². The van der Waals surface area contributed by atoms with E-state index in [4.69, 9.17) is 5.11 Å². The molecular weight excluding hydrogens is 243 g/mol. The Kier molecular flexibility index (Phi) is 3.48. The molecule has 1 aromatic rings. The molecule has 0 aliphatic heterocycles. The van der Waals surface area contributed by atoms with Crippen LogP contribution in [0, 0.1) is 23.7 Å². The Hall–Kier alpha value is -1.46. The van der Waals surface area contributed by atoms with Crippen LogP contribution in [-0.4, -0.2) is 31.7 Å². The monoisotopic (exact) mass is 263 g/mol. The number of hydrogen-bond donors (Lipinski definition) is 2. The molecule has 1 heterocycles. The van der Waals surface area contributed by atoms with Crippen LogP contribution in [0.4, 0.5) is 0 Å². The molecular formula is C13H20N4O2. The number of H-pyrrole nitrogens is 1. The van der Waals surface area contributed by atoms with Crippen molar-refractivity contribution in [2.75, 3.05) is 0 Å². The van der Waals surface area contributed by atoms with Crippen LogP contribution in [-0.2, 0) is 11.2 Å². The zero-order chi connectivity index (χ0) is 13.2. The number of nitrogens with zero attached hydrogens (tertiary/aromatic N) is 3. The van der Waals surface area contributed by atoms with Crippen molar-refractivity contribution in [1.82, 2.24) is 20.6 Å². The molecule has 0 radical (unpaired) electrons. The van der Waals surface area contributed by atoms with Gasteiger partial charge in [-0.2, -0.15) is 5.21 Å². The molecule has 0 saturated heterocycles. The number of nitrogens with one attached hydrogen (secondary N) is 1. The van der Waals surface area contributed by atoms with Gasteiger partial charge in [-0.1, -0.05) is 5.21 Å². The van der Waals surface area contributed by atoms with Crippen LogP contribution in [0.5, 0.6) is 0 Å². The summed E-state index contributed by atoms with van der Waals surface area (Å²) < 4.78 is 0. The largest absolute Gasteiger partial charge is 0.481 e. The lowest BCUT2D eigenvalue weighted by atomic mass is 9.63. The fraction of sp³-hybridized carbons (Fsp3) is 0.846. The topological polar surface area (TPSA) is 91.8 Å². The number of hydrogen-bond acceptors (Lipinski definition) is 4. The zero-order valence-electron chi connectivity index (χ0n) is 11.0. The summed E-state index contributed by atoms with van der Waals surface area (Å²) in [4.78, 5) is 11.1. The van der Waals surface area contributed by atoms with Gasteiger partial charge >= 0.3 is 5.97 Å². The number of carboxylic acid groups (broad SMARTS) is 1. The Morgan fingerprint density at radius 1 is 1.21 bits per heavy atom. The summed E-state index contributed by atoms with van der Waals surface area (Å²) in [7, 11) is 0. The number of tetrazole rings is 1. The van der Waals surface area contributed by atoms with Gasteiger partial charge in [-0.25, -0.2) is 0 Å². The van der Waals surface area contributed by atoms with E-state index in [1.54, 1.807) is 0 Å². The Labute approximate surface area is 112 Å².